The average Bonchev–Trinajstić information content (AvgIpc) is 2.80. The summed E-state index contributed by atoms with van der Waals surface area (Å²) in [7, 11) is 0. The normalized spacial score (nSPS) is 17.2. The van der Waals surface area contributed by atoms with Gasteiger partial charge in [0, 0.05) is 13.2 Å². The Kier molecular flexibility index (Phi) is 4.50. The lowest BCUT2D eigenvalue weighted by Gasteiger charge is -2.03. The van der Waals surface area contributed by atoms with E-state index in [2.05, 4.69) is 0 Å². The molecule has 0 atom stereocenters. The van der Waals surface area contributed by atoms with E-state index in [-0.39, 0.29) is 0 Å². The van der Waals surface area contributed by atoms with Gasteiger partial charge in [-0.1, -0.05) is 0 Å². The Balaban J connectivity index is 1.66. The van der Waals surface area contributed by atoms with Crippen LogP contribution in [0, 0.1) is 5.92 Å². The number of nitrogens with two attached hydrogens (primary N) is 1. The van der Waals surface area contributed by atoms with Crippen molar-refractivity contribution in [3.63, 3.8) is 0 Å². The van der Waals surface area contributed by atoms with Crippen LogP contribution in [0.4, 0.5) is 0 Å². The zero-order valence-electron chi connectivity index (χ0n) is 6.92. The minimum Gasteiger partial charge on any atom is -0.379 e. The van der Waals surface area contributed by atoms with Gasteiger partial charge in [-0.3, -0.25) is 0 Å². The average molecular weight is 159 g/mol. The number of ether oxygens (including phenoxy) is 2. The van der Waals surface area contributed by atoms with Crippen molar-refractivity contribution < 1.29 is 9.47 Å². The molecule has 0 unspecified atom stereocenters. The van der Waals surface area contributed by atoms with E-state index in [1.807, 2.05) is 0 Å². The molecule has 0 aromatic rings. The molecule has 1 fully saturated rings. The van der Waals surface area contributed by atoms with Gasteiger partial charge >= 0.3 is 0 Å². The second-order valence-electron chi connectivity index (χ2n) is 2.92. The van der Waals surface area contributed by atoms with Gasteiger partial charge in [0.15, 0.2) is 0 Å². The second kappa shape index (κ2) is 5.52. The Morgan fingerprint density at radius 2 is 1.82 bits per heavy atom. The summed E-state index contributed by atoms with van der Waals surface area (Å²) in [4.78, 5) is 0. The van der Waals surface area contributed by atoms with E-state index < -0.39 is 0 Å². The third kappa shape index (κ3) is 5.18. The first kappa shape index (κ1) is 8.97. The largest absolute Gasteiger partial charge is 0.379 e. The molecular formula is C8H17NO2. The fraction of sp³-hybridized carbons (Fsp3) is 1.00. The first-order valence-electron chi connectivity index (χ1n) is 4.29. The minimum atomic E-state index is 0.600. The van der Waals surface area contributed by atoms with Crippen LogP contribution in [-0.4, -0.2) is 33.0 Å². The molecule has 0 bridgehead atoms. The zero-order valence-corrected chi connectivity index (χ0v) is 6.92. The first-order chi connectivity index (χ1) is 5.43. The highest BCUT2D eigenvalue weighted by Crippen LogP contribution is 2.28. The maximum absolute atomic E-state index is 5.34. The van der Waals surface area contributed by atoms with Gasteiger partial charge in [-0.15, -0.1) is 0 Å². The summed E-state index contributed by atoms with van der Waals surface area (Å²) < 4.78 is 10.5. The van der Waals surface area contributed by atoms with Gasteiger partial charge in [0.05, 0.1) is 19.8 Å². The smallest absolute Gasteiger partial charge is 0.0701 e. The maximum atomic E-state index is 5.34. The van der Waals surface area contributed by atoms with Gasteiger partial charge in [-0.05, 0) is 18.8 Å². The molecule has 0 spiro atoms. The van der Waals surface area contributed by atoms with E-state index in [0.29, 0.717) is 19.8 Å². The molecule has 0 aromatic heterocycles. The molecular weight excluding hydrogens is 142 g/mol. The van der Waals surface area contributed by atoms with Crippen molar-refractivity contribution >= 4 is 0 Å². The minimum absolute atomic E-state index is 0.600. The van der Waals surface area contributed by atoms with Gasteiger partial charge in [0.25, 0.3) is 0 Å². The summed E-state index contributed by atoms with van der Waals surface area (Å²) in [6.07, 6.45) is 2.70. The van der Waals surface area contributed by atoms with Crippen molar-refractivity contribution in [1.29, 1.82) is 0 Å². The number of hydrogen-bond donors (Lipinski definition) is 1. The summed E-state index contributed by atoms with van der Waals surface area (Å²) in [6, 6.07) is 0. The fourth-order valence-electron chi connectivity index (χ4n) is 0.838. The topological polar surface area (TPSA) is 44.5 Å². The predicted molar refractivity (Wildman–Crippen MR) is 43.4 cm³/mol. The molecule has 66 valence electrons. The Morgan fingerprint density at radius 3 is 2.45 bits per heavy atom. The molecule has 1 rings (SSSR count). The second-order valence-corrected chi connectivity index (χ2v) is 2.92. The Labute approximate surface area is 67.9 Å². The third-order valence-electron chi connectivity index (χ3n) is 1.68. The van der Waals surface area contributed by atoms with Gasteiger partial charge in [-0.25, -0.2) is 0 Å². The summed E-state index contributed by atoms with van der Waals surface area (Å²) in [5, 5.41) is 0. The molecule has 1 aliphatic carbocycles. The quantitative estimate of drug-likeness (QED) is 0.546. The molecule has 0 radical (unpaired) electrons. The standard InChI is InChI=1S/C8H17NO2/c9-3-4-10-5-6-11-7-8-1-2-8/h8H,1-7,9H2. The van der Waals surface area contributed by atoms with E-state index >= 15 is 0 Å². The van der Waals surface area contributed by atoms with Crippen LogP contribution in [0.3, 0.4) is 0 Å². The van der Waals surface area contributed by atoms with Crippen LogP contribution in [-0.2, 0) is 9.47 Å². The lowest BCUT2D eigenvalue weighted by molar-refractivity contribution is 0.0465. The molecule has 1 aliphatic rings. The number of hydrogen-bond acceptors (Lipinski definition) is 3. The van der Waals surface area contributed by atoms with Crippen molar-refractivity contribution in [3.8, 4) is 0 Å². The van der Waals surface area contributed by atoms with Crippen LogP contribution < -0.4 is 5.73 Å². The number of rotatable bonds is 7. The molecule has 0 saturated heterocycles. The van der Waals surface area contributed by atoms with E-state index in [9.17, 15) is 0 Å². The van der Waals surface area contributed by atoms with Crippen LogP contribution in [0.5, 0.6) is 0 Å². The summed E-state index contributed by atoms with van der Waals surface area (Å²) in [5.41, 5.74) is 5.24. The van der Waals surface area contributed by atoms with Crippen molar-refractivity contribution in [2.75, 3.05) is 33.0 Å². The van der Waals surface area contributed by atoms with E-state index in [4.69, 9.17) is 15.2 Å². The summed E-state index contributed by atoms with van der Waals surface area (Å²) >= 11 is 0. The maximum Gasteiger partial charge on any atom is 0.0701 e. The van der Waals surface area contributed by atoms with Crippen LogP contribution in [0.15, 0.2) is 0 Å². The van der Waals surface area contributed by atoms with E-state index in [1.54, 1.807) is 0 Å². The highest BCUT2D eigenvalue weighted by Gasteiger charge is 2.20. The lowest BCUT2D eigenvalue weighted by Crippen LogP contribution is -2.12. The Hall–Kier alpha value is -0.120. The molecule has 0 amide bonds. The molecule has 11 heavy (non-hydrogen) atoms. The fourth-order valence-corrected chi connectivity index (χ4v) is 0.838. The van der Waals surface area contributed by atoms with Gasteiger partial charge < -0.3 is 15.2 Å². The lowest BCUT2D eigenvalue weighted by atomic mass is 10.5. The molecule has 3 heteroatoms. The monoisotopic (exact) mass is 159 g/mol. The predicted octanol–water partition coefficient (Wildman–Crippen LogP) is 0.388. The first-order valence-corrected chi connectivity index (χ1v) is 4.29. The van der Waals surface area contributed by atoms with Crippen molar-refractivity contribution in [3.05, 3.63) is 0 Å². The zero-order chi connectivity index (χ0) is 7.94. The van der Waals surface area contributed by atoms with Crippen molar-refractivity contribution in [2.45, 2.75) is 12.8 Å². The van der Waals surface area contributed by atoms with Gasteiger partial charge in [0.2, 0.25) is 0 Å². The molecule has 2 N–H and O–H groups in total. The summed E-state index contributed by atoms with van der Waals surface area (Å²) in [6.45, 7) is 3.57. The van der Waals surface area contributed by atoms with Gasteiger partial charge in [0.1, 0.15) is 0 Å². The Bertz CT molecular complexity index is 94.1. The molecule has 0 aliphatic heterocycles. The van der Waals surface area contributed by atoms with Crippen LogP contribution >= 0.6 is 0 Å². The highest BCUT2D eigenvalue weighted by molar-refractivity contribution is 4.71. The van der Waals surface area contributed by atoms with Crippen LogP contribution in [0.25, 0.3) is 0 Å². The van der Waals surface area contributed by atoms with E-state index in [0.717, 1.165) is 19.1 Å². The van der Waals surface area contributed by atoms with Crippen LogP contribution in [0.1, 0.15) is 12.8 Å². The van der Waals surface area contributed by atoms with E-state index in [1.165, 1.54) is 12.8 Å². The summed E-state index contributed by atoms with van der Waals surface area (Å²) in [5.74, 6) is 0.851. The van der Waals surface area contributed by atoms with Gasteiger partial charge in [-0.2, -0.15) is 0 Å². The molecule has 0 aromatic carbocycles. The van der Waals surface area contributed by atoms with Crippen molar-refractivity contribution in [1.82, 2.24) is 0 Å². The SMILES string of the molecule is NCCOCCOCC1CC1. The highest BCUT2D eigenvalue weighted by atomic mass is 16.5. The van der Waals surface area contributed by atoms with Crippen molar-refractivity contribution in [2.24, 2.45) is 11.7 Å². The Morgan fingerprint density at radius 1 is 1.09 bits per heavy atom. The molecule has 1 saturated carbocycles. The van der Waals surface area contributed by atoms with Crippen LogP contribution in [0.2, 0.25) is 0 Å². The third-order valence-corrected chi connectivity index (χ3v) is 1.68. The molecule has 0 heterocycles. The molecule has 3 nitrogen and oxygen atoms in total.